The molecule has 0 aliphatic carbocycles. The fraction of sp³-hybridized carbons (Fsp3) is 0.583. The van der Waals surface area contributed by atoms with Crippen LogP contribution in [0.2, 0.25) is 0 Å². The number of methoxy groups -OCH3 is 1. The largest absolute Gasteiger partial charge is 0.381 e. The topological polar surface area (TPSA) is 93.4 Å². The second-order valence-corrected chi connectivity index (χ2v) is 4.59. The third-order valence-corrected chi connectivity index (χ3v) is 3.26. The van der Waals surface area contributed by atoms with Gasteiger partial charge in [-0.15, -0.1) is 0 Å². The summed E-state index contributed by atoms with van der Waals surface area (Å²) in [6, 6.07) is 1.67. The lowest BCUT2D eigenvalue weighted by Crippen LogP contribution is -2.41. The summed E-state index contributed by atoms with van der Waals surface area (Å²) in [5.74, 6) is 5.46. The fourth-order valence-corrected chi connectivity index (χ4v) is 2.20. The maximum atomic E-state index is 12.3. The van der Waals surface area contributed by atoms with Crippen molar-refractivity contribution in [3.05, 3.63) is 17.5 Å². The lowest BCUT2D eigenvalue weighted by atomic mass is 10.1. The van der Waals surface area contributed by atoms with E-state index in [9.17, 15) is 4.79 Å². The zero-order valence-electron chi connectivity index (χ0n) is 11.2. The van der Waals surface area contributed by atoms with Crippen molar-refractivity contribution < 1.29 is 9.53 Å². The van der Waals surface area contributed by atoms with Crippen LogP contribution < -0.4 is 11.3 Å². The van der Waals surface area contributed by atoms with Gasteiger partial charge in [0.05, 0.1) is 6.10 Å². The Bertz CT molecular complexity index is 457. The zero-order valence-corrected chi connectivity index (χ0v) is 11.2. The van der Waals surface area contributed by atoms with Crippen molar-refractivity contribution in [1.82, 2.24) is 14.9 Å². The van der Waals surface area contributed by atoms with Crippen molar-refractivity contribution in [3.63, 3.8) is 0 Å². The zero-order chi connectivity index (χ0) is 13.8. The molecular formula is C12H19N5O2. The van der Waals surface area contributed by atoms with Gasteiger partial charge >= 0.3 is 0 Å². The molecule has 1 aliphatic heterocycles. The molecule has 1 saturated heterocycles. The smallest absolute Gasteiger partial charge is 0.272 e. The normalized spacial score (nSPS) is 16.5. The van der Waals surface area contributed by atoms with Crippen LogP contribution in [-0.2, 0) is 4.74 Å². The van der Waals surface area contributed by atoms with Crippen molar-refractivity contribution in [2.24, 2.45) is 5.84 Å². The molecule has 1 fully saturated rings. The van der Waals surface area contributed by atoms with Crippen molar-refractivity contribution in [3.8, 4) is 0 Å². The van der Waals surface area contributed by atoms with Gasteiger partial charge in [-0.25, -0.2) is 15.8 Å². The molecule has 2 heterocycles. The quantitative estimate of drug-likeness (QED) is 0.604. The number of nitrogens with one attached hydrogen (secondary N) is 1. The number of nitrogens with two attached hydrogens (primary N) is 1. The predicted octanol–water partition coefficient (Wildman–Crippen LogP) is 0.322. The predicted molar refractivity (Wildman–Crippen MR) is 70.5 cm³/mol. The standard InChI is InChI=1S/C12H19N5O2/c1-8-7-10(15-12(14-8)16-13)11(18)17-5-3-9(19-2)4-6-17/h7,9H,3-6,13H2,1-2H3,(H,14,15,16). The molecule has 1 aromatic heterocycles. The number of hydrogen-bond acceptors (Lipinski definition) is 6. The van der Waals surface area contributed by atoms with Gasteiger partial charge in [-0.2, -0.15) is 0 Å². The molecule has 0 unspecified atom stereocenters. The number of carbonyl (C=O) groups is 1. The molecular weight excluding hydrogens is 246 g/mol. The Morgan fingerprint density at radius 1 is 1.47 bits per heavy atom. The summed E-state index contributed by atoms with van der Waals surface area (Å²) in [6.45, 7) is 3.17. The summed E-state index contributed by atoms with van der Waals surface area (Å²) in [5.41, 5.74) is 3.45. The highest BCUT2D eigenvalue weighted by molar-refractivity contribution is 5.92. The second kappa shape index (κ2) is 5.94. The Labute approximate surface area is 112 Å². The minimum absolute atomic E-state index is 0.0865. The number of nitrogen functional groups attached to an aromatic ring is 1. The number of ether oxygens (including phenoxy) is 1. The van der Waals surface area contributed by atoms with E-state index in [0.717, 1.165) is 12.8 Å². The SMILES string of the molecule is COC1CCN(C(=O)c2cc(C)nc(NN)n2)CC1. The summed E-state index contributed by atoms with van der Waals surface area (Å²) < 4.78 is 5.29. The molecule has 0 saturated carbocycles. The number of likely N-dealkylation sites (tertiary alicyclic amines) is 1. The van der Waals surface area contributed by atoms with Crippen molar-refractivity contribution in [1.29, 1.82) is 0 Å². The highest BCUT2D eigenvalue weighted by Crippen LogP contribution is 2.15. The molecule has 0 atom stereocenters. The molecule has 0 aromatic carbocycles. The number of hydrogen-bond donors (Lipinski definition) is 2. The maximum absolute atomic E-state index is 12.3. The molecule has 7 heteroatoms. The maximum Gasteiger partial charge on any atom is 0.272 e. The first-order chi connectivity index (χ1) is 9.13. The minimum atomic E-state index is -0.0865. The molecule has 1 amide bonds. The van der Waals surface area contributed by atoms with Crippen molar-refractivity contribution >= 4 is 11.9 Å². The van der Waals surface area contributed by atoms with E-state index in [1.54, 1.807) is 25.0 Å². The Morgan fingerprint density at radius 2 is 2.16 bits per heavy atom. The van der Waals surface area contributed by atoms with Gasteiger partial charge < -0.3 is 9.64 Å². The van der Waals surface area contributed by atoms with Gasteiger partial charge in [0.15, 0.2) is 0 Å². The Kier molecular flexibility index (Phi) is 4.28. The Morgan fingerprint density at radius 3 is 2.74 bits per heavy atom. The van der Waals surface area contributed by atoms with E-state index in [0.29, 0.717) is 24.5 Å². The van der Waals surface area contributed by atoms with Gasteiger partial charge in [0, 0.05) is 25.9 Å². The van der Waals surface area contributed by atoms with Gasteiger partial charge in [-0.05, 0) is 25.8 Å². The van der Waals surface area contributed by atoms with Crippen molar-refractivity contribution in [2.45, 2.75) is 25.9 Å². The van der Waals surface area contributed by atoms with Crippen LogP contribution in [0.1, 0.15) is 29.0 Å². The molecule has 0 bridgehead atoms. The summed E-state index contributed by atoms with van der Waals surface area (Å²) >= 11 is 0. The first-order valence-electron chi connectivity index (χ1n) is 6.28. The molecule has 3 N–H and O–H groups in total. The van der Waals surface area contributed by atoms with E-state index in [1.165, 1.54) is 0 Å². The third-order valence-electron chi connectivity index (χ3n) is 3.26. The van der Waals surface area contributed by atoms with Crippen LogP contribution in [0.15, 0.2) is 6.07 Å². The average Bonchev–Trinajstić information content (AvgIpc) is 2.46. The van der Waals surface area contributed by atoms with Crippen LogP contribution in [-0.4, -0.2) is 47.1 Å². The first kappa shape index (κ1) is 13.7. The lowest BCUT2D eigenvalue weighted by molar-refractivity contribution is 0.0347. The van der Waals surface area contributed by atoms with Crippen LogP contribution in [0, 0.1) is 6.92 Å². The number of carbonyl (C=O) groups excluding carboxylic acids is 1. The van der Waals surface area contributed by atoms with Gasteiger partial charge in [0.25, 0.3) is 5.91 Å². The van der Waals surface area contributed by atoms with Gasteiger partial charge in [-0.3, -0.25) is 10.2 Å². The monoisotopic (exact) mass is 265 g/mol. The lowest BCUT2D eigenvalue weighted by Gasteiger charge is -2.31. The summed E-state index contributed by atoms with van der Waals surface area (Å²) in [5, 5.41) is 0. The van der Waals surface area contributed by atoms with E-state index in [1.807, 2.05) is 0 Å². The average molecular weight is 265 g/mol. The van der Waals surface area contributed by atoms with E-state index in [2.05, 4.69) is 15.4 Å². The number of aryl methyl sites for hydroxylation is 1. The number of piperidine rings is 1. The molecule has 7 nitrogen and oxygen atoms in total. The first-order valence-corrected chi connectivity index (χ1v) is 6.28. The van der Waals surface area contributed by atoms with Gasteiger partial charge in [0.2, 0.25) is 5.95 Å². The highest BCUT2D eigenvalue weighted by Gasteiger charge is 2.24. The minimum Gasteiger partial charge on any atom is -0.381 e. The number of hydrazine groups is 1. The van der Waals surface area contributed by atoms with E-state index in [4.69, 9.17) is 10.6 Å². The van der Waals surface area contributed by atoms with Gasteiger partial charge in [-0.1, -0.05) is 0 Å². The van der Waals surface area contributed by atoms with E-state index in [-0.39, 0.29) is 18.0 Å². The number of aromatic nitrogens is 2. The molecule has 1 aliphatic rings. The molecule has 19 heavy (non-hydrogen) atoms. The molecule has 0 spiro atoms. The third kappa shape index (κ3) is 3.18. The number of rotatable bonds is 3. The molecule has 104 valence electrons. The highest BCUT2D eigenvalue weighted by atomic mass is 16.5. The van der Waals surface area contributed by atoms with Crippen LogP contribution in [0.3, 0.4) is 0 Å². The van der Waals surface area contributed by atoms with E-state index >= 15 is 0 Å². The molecule has 1 aromatic rings. The number of amides is 1. The van der Waals surface area contributed by atoms with Crippen LogP contribution >= 0.6 is 0 Å². The number of anilines is 1. The second-order valence-electron chi connectivity index (χ2n) is 4.59. The fourth-order valence-electron chi connectivity index (χ4n) is 2.20. The summed E-state index contributed by atoms with van der Waals surface area (Å²) in [6.07, 6.45) is 1.96. The van der Waals surface area contributed by atoms with Gasteiger partial charge in [0.1, 0.15) is 5.69 Å². The van der Waals surface area contributed by atoms with Crippen LogP contribution in [0.5, 0.6) is 0 Å². The summed E-state index contributed by atoms with van der Waals surface area (Å²) in [4.78, 5) is 22.3. The van der Waals surface area contributed by atoms with Crippen LogP contribution in [0.25, 0.3) is 0 Å². The molecule has 0 radical (unpaired) electrons. The van der Waals surface area contributed by atoms with Crippen molar-refractivity contribution in [2.75, 3.05) is 25.6 Å². The van der Waals surface area contributed by atoms with Crippen LogP contribution in [0.4, 0.5) is 5.95 Å². The molecule has 2 rings (SSSR count). The number of nitrogens with zero attached hydrogens (tertiary/aromatic N) is 3. The van der Waals surface area contributed by atoms with E-state index < -0.39 is 0 Å². The Balaban J connectivity index is 2.09. The summed E-state index contributed by atoms with van der Waals surface area (Å²) in [7, 11) is 1.70. The Hall–Kier alpha value is -1.73.